The van der Waals surface area contributed by atoms with Gasteiger partial charge < -0.3 is 19.7 Å². The zero-order valence-electron chi connectivity index (χ0n) is 8.77. The summed E-state index contributed by atoms with van der Waals surface area (Å²) in [5, 5.41) is 19.2. The van der Waals surface area contributed by atoms with Crippen LogP contribution in [0.5, 0.6) is 5.75 Å². The first-order chi connectivity index (χ1) is 7.60. The van der Waals surface area contributed by atoms with E-state index in [-0.39, 0.29) is 12.2 Å². The molecule has 1 aromatic rings. The quantitative estimate of drug-likeness (QED) is 0.694. The SMILES string of the molecule is COc1ccc2c(c1)C(=O)OCC2(O)CO. The third-order valence-corrected chi connectivity index (χ3v) is 2.65. The topological polar surface area (TPSA) is 76.0 Å². The first-order valence-electron chi connectivity index (χ1n) is 4.79. The van der Waals surface area contributed by atoms with E-state index in [0.29, 0.717) is 11.3 Å². The molecule has 86 valence electrons. The molecule has 1 aliphatic heterocycles. The van der Waals surface area contributed by atoms with Gasteiger partial charge in [-0.15, -0.1) is 0 Å². The highest BCUT2D eigenvalue weighted by molar-refractivity contribution is 5.93. The van der Waals surface area contributed by atoms with E-state index in [9.17, 15) is 9.90 Å². The molecule has 0 saturated heterocycles. The minimum atomic E-state index is -1.52. The molecule has 1 atom stereocenters. The van der Waals surface area contributed by atoms with E-state index in [1.54, 1.807) is 12.1 Å². The second kappa shape index (κ2) is 3.77. The molecule has 1 heterocycles. The molecule has 0 bridgehead atoms. The van der Waals surface area contributed by atoms with Crippen molar-refractivity contribution in [2.75, 3.05) is 20.3 Å². The minimum Gasteiger partial charge on any atom is -0.497 e. The van der Waals surface area contributed by atoms with Crippen LogP contribution in [0.25, 0.3) is 0 Å². The largest absolute Gasteiger partial charge is 0.497 e. The lowest BCUT2D eigenvalue weighted by Gasteiger charge is -2.31. The molecule has 0 spiro atoms. The molecule has 0 radical (unpaired) electrons. The molecule has 5 nitrogen and oxygen atoms in total. The van der Waals surface area contributed by atoms with Crippen LogP contribution < -0.4 is 4.74 Å². The summed E-state index contributed by atoms with van der Waals surface area (Å²) in [5.74, 6) is -0.0232. The van der Waals surface area contributed by atoms with E-state index < -0.39 is 18.2 Å². The average Bonchev–Trinajstić information content (AvgIpc) is 2.34. The van der Waals surface area contributed by atoms with Gasteiger partial charge in [-0.25, -0.2) is 4.79 Å². The van der Waals surface area contributed by atoms with Gasteiger partial charge in [-0.05, 0) is 12.1 Å². The van der Waals surface area contributed by atoms with Crippen molar-refractivity contribution in [3.8, 4) is 5.75 Å². The van der Waals surface area contributed by atoms with Crippen molar-refractivity contribution in [3.05, 3.63) is 29.3 Å². The fraction of sp³-hybridized carbons (Fsp3) is 0.364. The lowest BCUT2D eigenvalue weighted by molar-refractivity contribution is -0.0768. The van der Waals surface area contributed by atoms with E-state index in [1.807, 2.05) is 0 Å². The Morgan fingerprint density at radius 2 is 2.31 bits per heavy atom. The zero-order chi connectivity index (χ0) is 11.8. The molecule has 1 aromatic carbocycles. The lowest BCUT2D eigenvalue weighted by atomic mass is 9.89. The maximum Gasteiger partial charge on any atom is 0.338 e. The number of carbonyl (C=O) groups is 1. The van der Waals surface area contributed by atoms with Gasteiger partial charge >= 0.3 is 5.97 Å². The number of ether oxygens (including phenoxy) is 2. The van der Waals surface area contributed by atoms with E-state index in [2.05, 4.69) is 0 Å². The smallest absolute Gasteiger partial charge is 0.338 e. The van der Waals surface area contributed by atoms with Gasteiger partial charge in [0.25, 0.3) is 0 Å². The predicted molar refractivity (Wildman–Crippen MR) is 54.3 cm³/mol. The normalized spacial score (nSPS) is 23.6. The van der Waals surface area contributed by atoms with Crippen molar-refractivity contribution in [2.24, 2.45) is 0 Å². The Hall–Kier alpha value is -1.59. The monoisotopic (exact) mass is 224 g/mol. The second-order valence-electron chi connectivity index (χ2n) is 3.68. The number of hydrogen-bond donors (Lipinski definition) is 2. The third-order valence-electron chi connectivity index (χ3n) is 2.65. The first kappa shape index (κ1) is 10.9. The van der Waals surface area contributed by atoms with Gasteiger partial charge in [0.05, 0.1) is 19.3 Å². The van der Waals surface area contributed by atoms with E-state index in [4.69, 9.17) is 14.6 Å². The Balaban J connectivity index is 2.56. The maximum atomic E-state index is 11.5. The molecule has 0 fully saturated rings. The molecule has 2 rings (SSSR count). The van der Waals surface area contributed by atoms with Crippen molar-refractivity contribution in [1.29, 1.82) is 0 Å². The number of methoxy groups -OCH3 is 1. The van der Waals surface area contributed by atoms with Crippen LogP contribution >= 0.6 is 0 Å². The van der Waals surface area contributed by atoms with Gasteiger partial charge in [0, 0.05) is 5.56 Å². The molecule has 0 aliphatic carbocycles. The summed E-state index contributed by atoms with van der Waals surface area (Å²) in [6, 6.07) is 4.67. The highest BCUT2D eigenvalue weighted by Crippen LogP contribution is 2.32. The molecule has 1 aliphatic rings. The standard InChI is InChI=1S/C11H12O5/c1-15-7-2-3-9-8(4-7)10(13)16-6-11(9,14)5-12/h2-4,12,14H,5-6H2,1H3. The van der Waals surface area contributed by atoms with Crippen LogP contribution in [-0.4, -0.2) is 36.5 Å². The number of aliphatic hydroxyl groups is 2. The zero-order valence-corrected chi connectivity index (χ0v) is 8.77. The van der Waals surface area contributed by atoms with E-state index >= 15 is 0 Å². The number of aliphatic hydroxyl groups excluding tert-OH is 1. The molecule has 1 unspecified atom stereocenters. The highest BCUT2D eigenvalue weighted by atomic mass is 16.5. The fourth-order valence-electron chi connectivity index (χ4n) is 1.70. The molecular formula is C11H12O5. The Labute approximate surface area is 92.2 Å². The first-order valence-corrected chi connectivity index (χ1v) is 4.79. The Bertz CT molecular complexity index is 428. The number of cyclic esters (lactones) is 1. The average molecular weight is 224 g/mol. The van der Waals surface area contributed by atoms with Crippen LogP contribution in [0.4, 0.5) is 0 Å². The van der Waals surface area contributed by atoms with E-state index in [1.165, 1.54) is 13.2 Å². The molecule has 0 amide bonds. The number of hydrogen-bond acceptors (Lipinski definition) is 5. The fourth-order valence-corrected chi connectivity index (χ4v) is 1.70. The van der Waals surface area contributed by atoms with Crippen molar-refractivity contribution in [3.63, 3.8) is 0 Å². The Morgan fingerprint density at radius 1 is 1.56 bits per heavy atom. The van der Waals surface area contributed by atoms with Crippen LogP contribution in [0.1, 0.15) is 15.9 Å². The summed E-state index contributed by atoms with van der Waals surface area (Å²) in [6.45, 7) is -0.735. The summed E-state index contributed by atoms with van der Waals surface area (Å²) in [7, 11) is 1.48. The van der Waals surface area contributed by atoms with Gasteiger partial charge in [0.1, 0.15) is 18.0 Å². The number of rotatable bonds is 2. The third kappa shape index (κ3) is 1.54. The van der Waals surface area contributed by atoms with Gasteiger partial charge in [-0.2, -0.15) is 0 Å². The minimum absolute atomic E-state index is 0.224. The van der Waals surface area contributed by atoms with Crippen LogP contribution in [-0.2, 0) is 10.3 Å². The van der Waals surface area contributed by atoms with Crippen LogP contribution in [0.2, 0.25) is 0 Å². The van der Waals surface area contributed by atoms with Gasteiger partial charge in [0.2, 0.25) is 0 Å². The maximum absolute atomic E-state index is 11.5. The summed E-state index contributed by atoms with van der Waals surface area (Å²) >= 11 is 0. The van der Waals surface area contributed by atoms with Gasteiger partial charge in [-0.1, -0.05) is 6.07 Å². The molecule has 2 N–H and O–H groups in total. The number of benzene rings is 1. The van der Waals surface area contributed by atoms with Crippen molar-refractivity contribution < 1.29 is 24.5 Å². The van der Waals surface area contributed by atoms with Crippen LogP contribution in [0.3, 0.4) is 0 Å². The summed E-state index contributed by atoms with van der Waals surface area (Å²) in [5.41, 5.74) is -0.926. The molecule has 0 saturated carbocycles. The summed E-state index contributed by atoms with van der Waals surface area (Å²) < 4.78 is 9.78. The number of fused-ring (bicyclic) bond motifs is 1. The van der Waals surface area contributed by atoms with Crippen molar-refractivity contribution >= 4 is 5.97 Å². The lowest BCUT2D eigenvalue weighted by Crippen LogP contribution is -2.41. The molecule has 0 aromatic heterocycles. The van der Waals surface area contributed by atoms with Crippen molar-refractivity contribution in [2.45, 2.75) is 5.60 Å². The highest BCUT2D eigenvalue weighted by Gasteiger charge is 2.39. The summed E-state index contributed by atoms with van der Waals surface area (Å²) in [6.07, 6.45) is 0. The Morgan fingerprint density at radius 3 is 2.94 bits per heavy atom. The predicted octanol–water partition coefficient (Wildman–Crippen LogP) is 0.0455. The second-order valence-corrected chi connectivity index (χ2v) is 3.68. The molecule has 16 heavy (non-hydrogen) atoms. The van der Waals surface area contributed by atoms with Crippen molar-refractivity contribution in [1.82, 2.24) is 0 Å². The molecule has 5 heteroatoms. The number of carbonyl (C=O) groups excluding carboxylic acids is 1. The Kier molecular flexibility index (Phi) is 2.57. The van der Waals surface area contributed by atoms with Crippen LogP contribution in [0.15, 0.2) is 18.2 Å². The van der Waals surface area contributed by atoms with Gasteiger partial charge in [0.15, 0.2) is 0 Å². The van der Waals surface area contributed by atoms with E-state index in [0.717, 1.165) is 0 Å². The van der Waals surface area contributed by atoms with Gasteiger partial charge in [-0.3, -0.25) is 0 Å². The van der Waals surface area contributed by atoms with Crippen LogP contribution in [0, 0.1) is 0 Å². The summed E-state index contributed by atoms with van der Waals surface area (Å²) in [4.78, 5) is 11.5. The molecular weight excluding hydrogens is 212 g/mol. The number of esters is 1.